The van der Waals surface area contributed by atoms with Crippen LogP contribution >= 0.6 is 12.4 Å². The van der Waals surface area contributed by atoms with E-state index in [-0.39, 0.29) is 24.0 Å². The lowest BCUT2D eigenvalue weighted by Crippen LogP contribution is -2.34. The fourth-order valence-electron chi connectivity index (χ4n) is 3.27. The van der Waals surface area contributed by atoms with E-state index >= 15 is 0 Å². The van der Waals surface area contributed by atoms with Gasteiger partial charge in [-0.15, -0.1) is 12.4 Å². The van der Waals surface area contributed by atoms with Gasteiger partial charge in [0.1, 0.15) is 17.2 Å². The molecule has 0 saturated heterocycles. The summed E-state index contributed by atoms with van der Waals surface area (Å²) in [6.07, 6.45) is 1.23. The summed E-state index contributed by atoms with van der Waals surface area (Å²) in [6.45, 7) is 9.13. The van der Waals surface area contributed by atoms with Crippen LogP contribution in [0.3, 0.4) is 0 Å². The van der Waals surface area contributed by atoms with Crippen molar-refractivity contribution in [2.75, 3.05) is 31.5 Å². The second-order valence-electron chi connectivity index (χ2n) is 6.94. The fraction of sp³-hybridized carbons (Fsp3) is 0.318. The van der Waals surface area contributed by atoms with Crippen molar-refractivity contribution in [3.63, 3.8) is 0 Å². The van der Waals surface area contributed by atoms with Crippen molar-refractivity contribution >= 4 is 35.6 Å². The number of carbonyl (C=O) groups excluding carboxylic acids is 2. The zero-order valence-corrected chi connectivity index (χ0v) is 18.6. The molecule has 0 fully saturated rings. The summed E-state index contributed by atoms with van der Waals surface area (Å²) >= 11 is 0. The maximum absolute atomic E-state index is 13.6. The molecular formula is C22H27ClFN5O2. The molecule has 0 unspecified atom stereocenters. The number of rotatable bonds is 8. The Hall–Kier alpha value is -2.97. The topological polar surface area (TPSA) is 78.7 Å². The Labute approximate surface area is 187 Å². The average Bonchev–Trinajstić information content (AvgIpc) is 3.06. The monoisotopic (exact) mass is 447 g/mol. The van der Waals surface area contributed by atoms with E-state index < -0.39 is 11.7 Å². The molecule has 2 N–H and O–H groups in total. The third-order valence-corrected chi connectivity index (χ3v) is 4.98. The van der Waals surface area contributed by atoms with E-state index in [1.165, 1.54) is 22.7 Å². The predicted octanol–water partition coefficient (Wildman–Crippen LogP) is 3.53. The molecule has 3 rings (SSSR count). The van der Waals surface area contributed by atoms with Gasteiger partial charge in [-0.1, -0.05) is 13.8 Å². The molecule has 0 aliphatic heterocycles. The molecule has 2 aromatic heterocycles. The van der Waals surface area contributed by atoms with Gasteiger partial charge in [0.05, 0.1) is 5.69 Å². The number of aryl methyl sites for hydroxylation is 1. The van der Waals surface area contributed by atoms with E-state index in [4.69, 9.17) is 0 Å². The van der Waals surface area contributed by atoms with Crippen LogP contribution in [0.4, 0.5) is 10.1 Å². The molecule has 166 valence electrons. The van der Waals surface area contributed by atoms with Gasteiger partial charge >= 0.3 is 0 Å². The second kappa shape index (κ2) is 10.9. The molecule has 3 aromatic rings. The number of imidazole rings is 1. The van der Waals surface area contributed by atoms with E-state index in [1.54, 1.807) is 31.2 Å². The molecule has 1 aromatic carbocycles. The standard InChI is InChI=1S/C22H26FN5O2.ClH/c1-4-27(5-2)13-12-24-21(29)16-6-9-18(10-7-16)26-22(30)20-15(3)25-19-11-8-17(23)14-28(19)20;/h6-11,14H,4-5,12-13H2,1-3H3,(H,24,29)(H,26,30);1H. The van der Waals surface area contributed by atoms with E-state index in [2.05, 4.69) is 34.4 Å². The number of amides is 2. The van der Waals surface area contributed by atoms with Crippen LogP contribution in [0.25, 0.3) is 5.65 Å². The number of benzene rings is 1. The van der Waals surface area contributed by atoms with Crippen LogP contribution < -0.4 is 10.6 Å². The third kappa shape index (κ3) is 5.80. The molecule has 2 amide bonds. The van der Waals surface area contributed by atoms with Gasteiger partial charge < -0.3 is 15.5 Å². The average molecular weight is 448 g/mol. The fourth-order valence-corrected chi connectivity index (χ4v) is 3.27. The number of aromatic nitrogens is 2. The van der Waals surface area contributed by atoms with E-state index in [1.807, 2.05) is 0 Å². The number of likely N-dealkylation sites (N-methyl/N-ethyl adjacent to an activating group) is 1. The molecule has 0 atom stereocenters. The van der Waals surface area contributed by atoms with Crippen LogP contribution in [-0.4, -0.2) is 52.3 Å². The van der Waals surface area contributed by atoms with Crippen molar-refractivity contribution in [1.29, 1.82) is 0 Å². The Morgan fingerprint density at radius 3 is 2.39 bits per heavy atom. The molecule has 2 heterocycles. The van der Waals surface area contributed by atoms with Gasteiger partial charge in [-0.25, -0.2) is 9.37 Å². The molecule has 0 spiro atoms. The zero-order chi connectivity index (χ0) is 21.7. The molecule has 0 aliphatic rings. The highest BCUT2D eigenvalue weighted by molar-refractivity contribution is 6.04. The van der Waals surface area contributed by atoms with Gasteiger partial charge in [0.15, 0.2) is 0 Å². The normalized spacial score (nSPS) is 10.7. The van der Waals surface area contributed by atoms with Gasteiger partial charge in [-0.05, 0) is 56.4 Å². The lowest BCUT2D eigenvalue weighted by molar-refractivity contribution is 0.0948. The highest BCUT2D eigenvalue weighted by atomic mass is 35.5. The number of fused-ring (bicyclic) bond motifs is 1. The van der Waals surface area contributed by atoms with Crippen molar-refractivity contribution in [2.24, 2.45) is 0 Å². The van der Waals surface area contributed by atoms with E-state index in [0.717, 1.165) is 19.6 Å². The highest BCUT2D eigenvalue weighted by Crippen LogP contribution is 2.16. The van der Waals surface area contributed by atoms with Crippen molar-refractivity contribution in [3.8, 4) is 0 Å². The Kier molecular flexibility index (Phi) is 8.53. The Morgan fingerprint density at radius 1 is 1.06 bits per heavy atom. The lowest BCUT2D eigenvalue weighted by Gasteiger charge is -2.18. The van der Waals surface area contributed by atoms with Crippen LogP contribution in [0.15, 0.2) is 42.6 Å². The number of anilines is 1. The van der Waals surface area contributed by atoms with Gasteiger partial charge in [0, 0.05) is 30.5 Å². The minimum absolute atomic E-state index is 0. The number of halogens is 2. The molecule has 9 heteroatoms. The predicted molar refractivity (Wildman–Crippen MR) is 122 cm³/mol. The van der Waals surface area contributed by atoms with Gasteiger partial charge in [0.25, 0.3) is 11.8 Å². The summed E-state index contributed by atoms with van der Waals surface area (Å²) in [5, 5.41) is 5.67. The van der Waals surface area contributed by atoms with Gasteiger partial charge in [0.2, 0.25) is 0 Å². The lowest BCUT2D eigenvalue weighted by atomic mass is 10.2. The van der Waals surface area contributed by atoms with Crippen molar-refractivity contribution < 1.29 is 14.0 Å². The quantitative estimate of drug-likeness (QED) is 0.553. The first-order valence-electron chi connectivity index (χ1n) is 9.99. The molecule has 31 heavy (non-hydrogen) atoms. The number of nitrogens with one attached hydrogen (secondary N) is 2. The van der Waals surface area contributed by atoms with Crippen LogP contribution in [-0.2, 0) is 0 Å². The summed E-state index contributed by atoms with van der Waals surface area (Å²) in [6, 6.07) is 9.46. The number of hydrogen-bond acceptors (Lipinski definition) is 4. The van der Waals surface area contributed by atoms with Crippen molar-refractivity contribution in [3.05, 3.63) is 65.4 Å². The summed E-state index contributed by atoms with van der Waals surface area (Å²) in [7, 11) is 0. The molecule has 7 nitrogen and oxygen atoms in total. The van der Waals surface area contributed by atoms with E-state index in [0.29, 0.717) is 29.1 Å². The third-order valence-electron chi connectivity index (χ3n) is 4.98. The van der Waals surface area contributed by atoms with Gasteiger partial charge in [-0.3, -0.25) is 14.0 Å². The molecule has 0 aliphatic carbocycles. The second-order valence-corrected chi connectivity index (χ2v) is 6.94. The van der Waals surface area contributed by atoms with Crippen LogP contribution in [0.2, 0.25) is 0 Å². The zero-order valence-electron chi connectivity index (χ0n) is 17.8. The van der Waals surface area contributed by atoms with Crippen LogP contribution in [0.5, 0.6) is 0 Å². The molecule has 0 radical (unpaired) electrons. The van der Waals surface area contributed by atoms with Crippen molar-refractivity contribution in [1.82, 2.24) is 19.6 Å². The molecule has 0 saturated carbocycles. The summed E-state index contributed by atoms with van der Waals surface area (Å²) < 4.78 is 15.0. The Balaban J connectivity index is 0.00000341. The largest absolute Gasteiger partial charge is 0.351 e. The van der Waals surface area contributed by atoms with Gasteiger partial charge in [-0.2, -0.15) is 0 Å². The van der Waals surface area contributed by atoms with E-state index in [9.17, 15) is 14.0 Å². The first kappa shape index (κ1) is 24.3. The SMILES string of the molecule is CCN(CC)CCNC(=O)c1ccc(NC(=O)c2c(C)nc3ccc(F)cn23)cc1.Cl. The molecular weight excluding hydrogens is 421 g/mol. The number of hydrogen-bond donors (Lipinski definition) is 2. The smallest absolute Gasteiger partial charge is 0.274 e. The minimum atomic E-state index is -0.453. The van der Waals surface area contributed by atoms with Crippen molar-refractivity contribution in [2.45, 2.75) is 20.8 Å². The summed E-state index contributed by atoms with van der Waals surface area (Å²) in [4.78, 5) is 31.5. The number of carbonyl (C=O) groups is 2. The first-order valence-corrected chi connectivity index (χ1v) is 9.99. The minimum Gasteiger partial charge on any atom is -0.351 e. The Morgan fingerprint density at radius 2 is 1.74 bits per heavy atom. The maximum atomic E-state index is 13.6. The summed E-state index contributed by atoms with van der Waals surface area (Å²) in [5.74, 6) is -1.01. The maximum Gasteiger partial charge on any atom is 0.274 e. The highest BCUT2D eigenvalue weighted by Gasteiger charge is 2.17. The first-order chi connectivity index (χ1) is 14.4. The number of pyridine rings is 1. The molecule has 0 bridgehead atoms. The van der Waals surface area contributed by atoms with Crippen LogP contribution in [0.1, 0.15) is 40.4 Å². The summed E-state index contributed by atoms with van der Waals surface area (Å²) in [5.41, 5.74) is 2.31. The number of nitrogens with zero attached hydrogens (tertiary/aromatic N) is 3. The van der Waals surface area contributed by atoms with Crippen LogP contribution in [0, 0.1) is 12.7 Å². The Bertz CT molecular complexity index is 1050.